The van der Waals surface area contributed by atoms with Gasteiger partial charge in [0, 0.05) is 6.42 Å². The van der Waals surface area contributed by atoms with Crippen LogP contribution in [0.5, 0.6) is 0 Å². The molecule has 1 fully saturated rings. The lowest BCUT2D eigenvalue weighted by Crippen LogP contribution is -2.29. The van der Waals surface area contributed by atoms with Gasteiger partial charge in [-0.15, -0.1) is 0 Å². The average molecular weight is 190 g/mol. The van der Waals surface area contributed by atoms with E-state index < -0.39 is 11.9 Å². The van der Waals surface area contributed by atoms with Crippen molar-refractivity contribution in [1.29, 1.82) is 0 Å². The summed E-state index contributed by atoms with van der Waals surface area (Å²) in [5.41, 5.74) is 0. The van der Waals surface area contributed by atoms with Crippen LogP contribution in [0, 0.1) is 0 Å². The molecule has 0 aromatic rings. The molecule has 4 nitrogen and oxygen atoms in total. The van der Waals surface area contributed by atoms with Gasteiger partial charge in [0.2, 0.25) is 0 Å². The van der Waals surface area contributed by atoms with Gasteiger partial charge < -0.3 is 19.7 Å². The maximum atomic E-state index is 9.18. The van der Waals surface area contributed by atoms with Gasteiger partial charge in [-0.1, -0.05) is 0 Å². The number of aliphatic hydroxyl groups is 2. The van der Waals surface area contributed by atoms with Crippen LogP contribution in [0.2, 0.25) is 0 Å². The standard InChI is InChI=1S/C9H18O4/c1-6(11)4-7-8(5-10)13-9(2,3)12-7/h6-8,10-11H,4-5H2,1-3H3. The fraction of sp³-hybridized carbons (Fsp3) is 1.00. The number of ether oxygens (including phenoxy) is 2. The molecule has 1 aliphatic heterocycles. The molecule has 0 aromatic carbocycles. The molecule has 0 bridgehead atoms. The Morgan fingerprint density at radius 2 is 1.85 bits per heavy atom. The van der Waals surface area contributed by atoms with Crippen LogP contribution >= 0.6 is 0 Å². The Balaban J connectivity index is 2.53. The Kier molecular flexibility index (Phi) is 3.29. The first kappa shape index (κ1) is 10.9. The Morgan fingerprint density at radius 3 is 2.31 bits per heavy atom. The van der Waals surface area contributed by atoms with Gasteiger partial charge in [-0.2, -0.15) is 0 Å². The monoisotopic (exact) mass is 190 g/mol. The molecular formula is C9H18O4. The Bertz CT molecular complexity index is 167. The summed E-state index contributed by atoms with van der Waals surface area (Å²) in [5, 5.41) is 18.2. The van der Waals surface area contributed by atoms with Crippen molar-refractivity contribution in [1.82, 2.24) is 0 Å². The molecule has 13 heavy (non-hydrogen) atoms. The third-order valence-corrected chi connectivity index (χ3v) is 2.04. The SMILES string of the molecule is CC(O)CC1OC(C)(C)OC1CO. The predicted molar refractivity (Wildman–Crippen MR) is 47.2 cm³/mol. The molecule has 1 heterocycles. The average Bonchev–Trinajstić information content (AvgIpc) is 2.24. The van der Waals surface area contributed by atoms with Crippen molar-refractivity contribution >= 4 is 0 Å². The predicted octanol–water partition coefficient (Wildman–Crippen LogP) is 0.270. The molecule has 0 aromatic heterocycles. The van der Waals surface area contributed by atoms with Gasteiger partial charge in [0.15, 0.2) is 5.79 Å². The second-order valence-corrected chi connectivity index (χ2v) is 3.98. The summed E-state index contributed by atoms with van der Waals surface area (Å²) < 4.78 is 10.9. The lowest BCUT2D eigenvalue weighted by atomic mass is 10.1. The number of hydrogen-bond donors (Lipinski definition) is 2. The van der Waals surface area contributed by atoms with Gasteiger partial charge in [0.05, 0.1) is 18.8 Å². The third-order valence-electron chi connectivity index (χ3n) is 2.04. The molecule has 0 saturated carbocycles. The Morgan fingerprint density at radius 1 is 1.31 bits per heavy atom. The van der Waals surface area contributed by atoms with Gasteiger partial charge in [-0.3, -0.25) is 0 Å². The van der Waals surface area contributed by atoms with Crippen molar-refractivity contribution in [2.75, 3.05) is 6.61 Å². The molecule has 1 saturated heterocycles. The molecule has 0 amide bonds. The summed E-state index contributed by atoms with van der Waals surface area (Å²) in [5.74, 6) is -0.646. The van der Waals surface area contributed by atoms with E-state index in [1.807, 2.05) is 0 Å². The van der Waals surface area contributed by atoms with E-state index >= 15 is 0 Å². The topological polar surface area (TPSA) is 58.9 Å². The minimum Gasteiger partial charge on any atom is -0.394 e. The molecule has 4 heteroatoms. The summed E-state index contributed by atoms with van der Waals surface area (Å²) in [6, 6.07) is 0. The highest BCUT2D eigenvalue weighted by Gasteiger charge is 2.40. The molecular weight excluding hydrogens is 172 g/mol. The van der Waals surface area contributed by atoms with E-state index in [4.69, 9.17) is 14.6 Å². The third kappa shape index (κ3) is 2.91. The molecule has 1 aliphatic rings. The van der Waals surface area contributed by atoms with Crippen LogP contribution < -0.4 is 0 Å². The van der Waals surface area contributed by atoms with Crippen molar-refractivity contribution in [3.8, 4) is 0 Å². The molecule has 2 N–H and O–H groups in total. The van der Waals surface area contributed by atoms with Gasteiger partial charge in [-0.25, -0.2) is 0 Å². The zero-order valence-corrected chi connectivity index (χ0v) is 8.36. The molecule has 3 unspecified atom stereocenters. The first-order chi connectivity index (χ1) is 5.94. The van der Waals surface area contributed by atoms with Crippen LogP contribution in [0.3, 0.4) is 0 Å². The van der Waals surface area contributed by atoms with Gasteiger partial charge >= 0.3 is 0 Å². The van der Waals surface area contributed by atoms with Crippen LogP contribution in [0.4, 0.5) is 0 Å². The lowest BCUT2D eigenvalue weighted by Gasteiger charge is -2.17. The largest absolute Gasteiger partial charge is 0.394 e. The fourth-order valence-corrected chi connectivity index (χ4v) is 1.60. The van der Waals surface area contributed by atoms with Crippen LogP contribution in [0.15, 0.2) is 0 Å². The van der Waals surface area contributed by atoms with Crippen molar-refractivity contribution in [2.45, 2.75) is 51.3 Å². The fourth-order valence-electron chi connectivity index (χ4n) is 1.60. The maximum absolute atomic E-state index is 9.18. The van der Waals surface area contributed by atoms with E-state index in [1.54, 1.807) is 20.8 Å². The molecule has 0 aliphatic carbocycles. The van der Waals surface area contributed by atoms with Crippen LogP contribution in [-0.2, 0) is 9.47 Å². The highest BCUT2D eigenvalue weighted by atomic mass is 16.8. The zero-order chi connectivity index (χ0) is 10.1. The molecule has 0 spiro atoms. The maximum Gasteiger partial charge on any atom is 0.163 e. The second kappa shape index (κ2) is 3.92. The van der Waals surface area contributed by atoms with E-state index in [9.17, 15) is 5.11 Å². The Labute approximate surface area is 78.5 Å². The highest BCUT2D eigenvalue weighted by Crippen LogP contribution is 2.30. The van der Waals surface area contributed by atoms with E-state index in [2.05, 4.69) is 0 Å². The molecule has 0 radical (unpaired) electrons. The van der Waals surface area contributed by atoms with Crippen molar-refractivity contribution in [3.63, 3.8) is 0 Å². The van der Waals surface area contributed by atoms with Gasteiger partial charge in [-0.05, 0) is 20.8 Å². The van der Waals surface area contributed by atoms with E-state index in [0.717, 1.165) is 0 Å². The lowest BCUT2D eigenvalue weighted by molar-refractivity contribution is -0.150. The van der Waals surface area contributed by atoms with Crippen LogP contribution in [0.1, 0.15) is 27.2 Å². The molecule has 1 rings (SSSR count). The smallest absolute Gasteiger partial charge is 0.163 e. The number of aliphatic hydroxyl groups excluding tert-OH is 2. The first-order valence-electron chi connectivity index (χ1n) is 4.59. The zero-order valence-electron chi connectivity index (χ0n) is 8.36. The number of rotatable bonds is 3. The number of hydrogen-bond acceptors (Lipinski definition) is 4. The van der Waals surface area contributed by atoms with Crippen molar-refractivity contribution < 1.29 is 19.7 Å². The normalized spacial score (nSPS) is 34.8. The van der Waals surface area contributed by atoms with Gasteiger partial charge in [0.25, 0.3) is 0 Å². The van der Waals surface area contributed by atoms with E-state index in [1.165, 1.54) is 0 Å². The highest BCUT2D eigenvalue weighted by molar-refractivity contribution is 4.81. The van der Waals surface area contributed by atoms with Crippen molar-refractivity contribution in [2.24, 2.45) is 0 Å². The van der Waals surface area contributed by atoms with E-state index in [0.29, 0.717) is 6.42 Å². The van der Waals surface area contributed by atoms with Crippen LogP contribution in [-0.4, -0.2) is 40.9 Å². The van der Waals surface area contributed by atoms with E-state index in [-0.39, 0.29) is 18.8 Å². The Hall–Kier alpha value is -0.160. The minimum atomic E-state index is -0.646. The molecule has 78 valence electrons. The minimum absolute atomic E-state index is 0.0686. The summed E-state index contributed by atoms with van der Waals surface area (Å²) in [6.07, 6.45) is -0.463. The van der Waals surface area contributed by atoms with Gasteiger partial charge in [0.1, 0.15) is 6.10 Å². The summed E-state index contributed by atoms with van der Waals surface area (Å²) >= 11 is 0. The second-order valence-electron chi connectivity index (χ2n) is 3.98. The molecule has 3 atom stereocenters. The summed E-state index contributed by atoms with van der Waals surface area (Å²) in [7, 11) is 0. The van der Waals surface area contributed by atoms with Crippen LogP contribution in [0.25, 0.3) is 0 Å². The first-order valence-corrected chi connectivity index (χ1v) is 4.59. The quantitative estimate of drug-likeness (QED) is 0.670. The van der Waals surface area contributed by atoms with Crippen molar-refractivity contribution in [3.05, 3.63) is 0 Å². The summed E-state index contributed by atoms with van der Waals surface area (Å²) in [4.78, 5) is 0. The summed E-state index contributed by atoms with van der Waals surface area (Å²) in [6.45, 7) is 5.24.